The van der Waals surface area contributed by atoms with Crippen LogP contribution in [-0.4, -0.2) is 16.0 Å². The molecule has 3 aromatic rings. The van der Waals surface area contributed by atoms with Gasteiger partial charge >= 0.3 is 6.18 Å². The Balaban J connectivity index is 1.84. The number of rotatable bonds is 6. The highest BCUT2D eigenvalue weighted by molar-refractivity contribution is 7.99. The SMILES string of the molecule is Cn1nc(C(F)(F)F)c(C=NOCc2ccc(Cl)cc2)c1Sc1ccc(Cl)cc1. The van der Waals surface area contributed by atoms with E-state index in [9.17, 15) is 13.2 Å². The zero-order chi connectivity index (χ0) is 21.0. The van der Waals surface area contributed by atoms with Gasteiger partial charge in [0.15, 0.2) is 5.69 Å². The van der Waals surface area contributed by atoms with E-state index in [1.54, 1.807) is 48.5 Å². The molecule has 3 rings (SSSR count). The van der Waals surface area contributed by atoms with Crippen LogP contribution >= 0.6 is 35.0 Å². The highest BCUT2D eigenvalue weighted by Crippen LogP contribution is 2.37. The van der Waals surface area contributed by atoms with Crippen molar-refractivity contribution in [1.29, 1.82) is 0 Å². The van der Waals surface area contributed by atoms with Crippen LogP contribution in [0.1, 0.15) is 16.8 Å². The molecule has 0 aliphatic carbocycles. The zero-order valence-corrected chi connectivity index (χ0v) is 17.3. The summed E-state index contributed by atoms with van der Waals surface area (Å²) in [6.45, 7) is 0.0922. The lowest BCUT2D eigenvalue weighted by Crippen LogP contribution is -2.09. The third-order valence-electron chi connectivity index (χ3n) is 3.73. The summed E-state index contributed by atoms with van der Waals surface area (Å²) in [5, 5.41) is 8.73. The molecule has 1 aromatic heterocycles. The molecule has 29 heavy (non-hydrogen) atoms. The minimum absolute atomic E-state index is 0.0922. The summed E-state index contributed by atoms with van der Waals surface area (Å²) in [4.78, 5) is 5.87. The third-order valence-corrected chi connectivity index (χ3v) is 5.42. The van der Waals surface area contributed by atoms with E-state index in [1.807, 2.05) is 0 Å². The first-order valence-electron chi connectivity index (χ1n) is 8.21. The molecule has 0 amide bonds. The molecule has 0 atom stereocenters. The molecule has 0 saturated heterocycles. The largest absolute Gasteiger partial charge is 0.435 e. The summed E-state index contributed by atoms with van der Waals surface area (Å²) in [5.74, 6) is 0. The van der Waals surface area contributed by atoms with Gasteiger partial charge in [-0.3, -0.25) is 4.68 Å². The Kier molecular flexibility index (Phi) is 6.77. The number of aryl methyl sites for hydroxylation is 1. The Hall–Kier alpha value is -2.16. The van der Waals surface area contributed by atoms with Crippen LogP contribution in [0.4, 0.5) is 13.2 Å². The normalized spacial score (nSPS) is 11.9. The van der Waals surface area contributed by atoms with E-state index in [0.717, 1.165) is 23.5 Å². The molecule has 0 spiro atoms. The maximum Gasteiger partial charge on any atom is 0.435 e. The monoisotopic (exact) mass is 459 g/mol. The number of nitrogens with zero attached hydrogens (tertiary/aromatic N) is 3. The third kappa shape index (κ3) is 5.68. The van der Waals surface area contributed by atoms with Crippen molar-refractivity contribution in [3.05, 3.63) is 75.4 Å². The quantitative estimate of drug-likeness (QED) is 0.314. The van der Waals surface area contributed by atoms with Gasteiger partial charge in [0.05, 0.1) is 11.8 Å². The van der Waals surface area contributed by atoms with Gasteiger partial charge in [-0.1, -0.05) is 52.3 Å². The standard InChI is InChI=1S/C19H14Cl2F3N3OS/c1-27-18(29-15-8-6-14(21)7-9-15)16(17(26-27)19(22,23)24)10-25-28-11-12-2-4-13(20)5-3-12/h2-10H,11H2,1H3. The maximum atomic E-state index is 13.4. The smallest absolute Gasteiger partial charge is 0.391 e. The molecule has 0 unspecified atom stereocenters. The number of aromatic nitrogens is 2. The Morgan fingerprint density at radius 3 is 2.24 bits per heavy atom. The van der Waals surface area contributed by atoms with Crippen LogP contribution in [0.3, 0.4) is 0 Å². The van der Waals surface area contributed by atoms with Crippen molar-refractivity contribution in [1.82, 2.24) is 9.78 Å². The second kappa shape index (κ2) is 9.11. The fourth-order valence-electron chi connectivity index (χ4n) is 2.37. The summed E-state index contributed by atoms with van der Waals surface area (Å²) in [6.07, 6.45) is -3.60. The Morgan fingerprint density at radius 1 is 1.07 bits per heavy atom. The molecule has 0 fully saturated rings. The molecular weight excluding hydrogens is 446 g/mol. The summed E-state index contributed by atoms with van der Waals surface area (Å²) in [7, 11) is 1.44. The zero-order valence-electron chi connectivity index (χ0n) is 15.0. The first kappa shape index (κ1) is 21.5. The van der Waals surface area contributed by atoms with Crippen molar-refractivity contribution in [2.24, 2.45) is 12.2 Å². The Labute approximate surface area is 179 Å². The number of halogens is 5. The van der Waals surface area contributed by atoms with Gasteiger partial charge in [-0.2, -0.15) is 18.3 Å². The average molecular weight is 460 g/mol. The van der Waals surface area contributed by atoms with Gasteiger partial charge in [-0.25, -0.2) is 0 Å². The predicted molar refractivity (Wildman–Crippen MR) is 108 cm³/mol. The van der Waals surface area contributed by atoms with E-state index in [1.165, 1.54) is 11.7 Å². The van der Waals surface area contributed by atoms with Crippen molar-refractivity contribution in [2.45, 2.75) is 22.7 Å². The summed E-state index contributed by atoms with van der Waals surface area (Å²) >= 11 is 12.8. The van der Waals surface area contributed by atoms with Crippen molar-refractivity contribution in [3.63, 3.8) is 0 Å². The first-order chi connectivity index (χ1) is 13.7. The maximum absolute atomic E-state index is 13.4. The molecule has 0 aliphatic heterocycles. The summed E-state index contributed by atoms with van der Waals surface area (Å²) in [6, 6.07) is 13.6. The van der Waals surface area contributed by atoms with Gasteiger partial charge in [-0.05, 0) is 42.0 Å². The highest BCUT2D eigenvalue weighted by atomic mass is 35.5. The van der Waals surface area contributed by atoms with Crippen LogP contribution in [0, 0.1) is 0 Å². The number of hydrogen-bond donors (Lipinski definition) is 0. The van der Waals surface area contributed by atoms with E-state index in [-0.39, 0.29) is 17.2 Å². The lowest BCUT2D eigenvalue weighted by atomic mass is 10.2. The number of benzene rings is 2. The highest BCUT2D eigenvalue weighted by Gasteiger charge is 2.38. The van der Waals surface area contributed by atoms with E-state index < -0.39 is 11.9 Å². The topological polar surface area (TPSA) is 39.4 Å². The molecule has 10 heteroatoms. The van der Waals surface area contributed by atoms with Crippen molar-refractivity contribution < 1.29 is 18.0 Å². The van der Waals surface area contributed by atoms with Crippen molar-refractivity contribution in [2.75, 3.05) is 0 Å². The van der Waals surface area contributed by atoms with Crippen LogP contribution in [0.15, 0.2) is 63.6 Å². The van der Waals surface area contributed by atoms with E-state index in [2.05, 4.69) is 10.3 Å². The lowest BCUT2D eigenvalue weighted by molar-refractivity contribution is -0.141. The van der Waals surface area contributed by atoms with Crippen LogP contribution < -0.4 is 0 Å². The van der Waals surface area contributed by atoms with Crippen LogP contribution in [0.2, 0.25) is 10.0 Å². The summed E-state index contributed by atoms with van der Waals surface area (Å²) < 4.78 is 41.5. The molecule has 0 bridgehead atoms. The average Bonchev–Trinajstić information content (AvgIpc) is 2.98. The molecule has 1 heterocycles. The molecule has 2 aromatic carbocycles. The van der Waals surface area contributed by atoms with E-state index >= 15 is 0 Å². The van der Waals surface area contributed by atoms with Gasteiger partial charge in [-0.15, -0.1) is 0 Å². The number of hydrogen-bond acceptors (Lipinski definition) is 4. The number of oxime groups is 1. The van der Waals surface area contributed by atoms with Crippen LogP contribution in [0.25, 0.3) is 0 Å². The van der Waals surface area contributed by atoms with Gasteiger partial charge in [0, 0.05) is 22.0 Å². The molecule has 4 nitrogen and oxygen atoms in total. The van der Waals surface area contributed by atoms with Gasteiger partial charge in [0.2, 0.25) is 0 Å². The Bertz CT molecular complexity index is 1000. The van der Waals surface area contributed by atoms with Crippen molar-refractivity contribution >= 4 is 41.2 Å². The minimum Gasteiger partial charge on any atom is -0.391 e. The van der Waals surface area contributed by atoms with Gasteiger partial charge in [0.25, 0.3) is 0 Å². The van der Waals surface area contributed by atoms with Gasteiger partial charge < -0.3 is 4.84 Å². The molecular formula is C19H14Cl2F3N3OS. The van der Waals surface area contributed by atoms with Gasteiger partial charge in [0.1, 0.15) is 11.6 Å². The lowest BCUT2D eigenvalue weighted by Gasteiger charge is -2.06. The minimum atomic E-state index is -4.63. The number of alkyl halides is 3. The second-order valence-electron chi connectivity index (χ2n) is 5.88. The van der Waals surface area contributed by atoms with E-state index in [0.29, 0.717) is 14.9 Å². The van der Waals surface area contributed by atoms with Crippen LogP contribution in [-0.2, 0) is 24.7 Å². The summed E-state index contributed by atoms with van der Waals surface area (Å²) in [5.41, 5.74) is -0.420. The molecule has 152 valence electrons. The molecule has 0 saturated carbocycles. The molecule has 0 radical (unpaired) electrons. The van der Waals surface area contributed by atoms with Crippen LogP contribution in [0.5, 0.6) is 0 Å². The van der Waals surface area contributed by atoms with Crippen molar-refractivity contribution in [3.8, 4) is 0 Å². The van der Waals surface area contributed by atoms with E-state index in [4.69, 9.17) is 28.0 Å². The Morgan fingerprint density at radius 2 is 1.66 bits per heavy atom. The second-order valence-corrected chi connectivity index (χ2v) is 7.81. The predicted octanol–water partition coefficient (Wildman–Crippen LogP) is 6.45. The fourth-order valence-corrected chi connectivity index (χ4v) is 3.55. The first-order valence-corrected chi connectivity index (χ1v) is 9.78. The molecule has 0 aliphatic rings. The fraction of sp³-hybridized carbons (Fsp3) is 0.158. The molecule has 0 N–H and O–H groups in total.